The molecular formula is C16H27NO2S. The molecule has 0 spiro atoms. The molecule has 0 heterocycles. The second-order valence-corrected chi connectivity index (χ2v) is 8.19. The first-order valence-corrected chi connectivity index (χ1v) is 9.03. The summed E-state index contributed by atoms with van der Waals surface area (Å²) in [5, 5.41) is -0.529. The third-order valence-corrected chi connectivity index (χ3v) is 6.52. The summed E-state index contributed by atoms with van der Waals surface area (Å²) in [5.74, 6) is 0.385. The molecule has 1 aromatic rings. The Kier molecular flexibility index (Phi) is 6.21. The first-order chi connectivity index (χ1) is 9.29. The molecule has 0 bridgehead atoms. The van der Waals surface area contributed by atoms with E-state index in [9.17, 15) is 8.42 Å². The average molecular weight is 297 g/mol. The topological polar surface area (TPSA) is 60.2 Å². The van der Waals surface area contributed by atoms with Crippen LogP contribution in [0.4, 0.5) is 0 Å². The van der Waals surface area contributed by atoms with Gasteiger partial charge in [-0.15, -0.1) is 0 Å². The Morgan fingerprint density at radius 2 is 1.65 bits per heavy atom. The monoisotopic (exact) mass is 297 g/mol. The molecule has 3 atom stereocenters. The fraction of sp³-hybridized carbons (Fsp3) is 0.625. The molecule has 0 saturated heterocycles. The van der Waals surface area contributed by atoms with Gasteiger partial charge in [0.2, 0.25) is 0 Å². The van der Waals surface area contributed by atoms with Crippen LogP contribution in [-0.4, -0.2) is 19.4 Å². The van der Waals surface area contributed by atoms with E-state index in [1.807, 2.05) is 58.0 Å². The van der Waals surface area contributed by atoms with Crippen LogP contribution in [0.15, 0.2) is 30.3 Å². The maximum absolute atomic E-state index is 12.7. The van der Waals surface area contributed by atoms with E-state index in [1.165, 1.54) is 0 Å². The molecular weight excluding hydrogens is 270 g/mol. The Balaban J connectivity index is 3.06. The van der Waals surface area contributed by atoms with E-state index in [4.69, 9.17) is 5.73 Å². The second kappa shape index (κ2) is 7.23. The minimum absolute atomic E-state index is 0.000683. The molecule has 0 saturated carbocycles. The third kappa shape index (κ3) is 4.32. The molecule has 20 heavy (non-hydrogen) atoms. The van der Waals surface area contributed by atoms with E-state index in [0.29, 0.717) is 0 Å². The first-order valence-electron chi connectivity index (χ1n) is 7.31. The number of hydrogen-bond acceptors (Lipinski definition) is 3. The number of hydrogen-bond donors (Lipinski definition) is 1. The van der Waals surface area contributed by atoms with Crippen molar-refractivity contribution in [2.45, 2.75) is 45.4 Å². The molecule has 0 fully saturated rings. The van der Waals surface area contributed by atoms with Crippen molar-refractivity contribution in [2.75, 3.05) is 5.75 Å². The molecule has 3 nitrogen and oxygen atoms in total. The van der Waals surface area contributed by atoms with Crippen molar-refractivity contribution in [2.24, 2.45) is 17.6 Å². The van der Waals surface area contributed by atoms with E-state index >= 15 is 0 Å². The second-order valence-electron chi connectivity index (χ2n) is 5.99. The van der Waals surface area contributed by atoms with Crippen LogP contribution in [0.1, 0.15) is 45.7 Å². The molecule has 2 N–H and O–H groups in total. The van der Waals surface area contributed by atoms with Crippen molar-refractivity contribution in [1.82, 2.24) is 0 Å². The SMILES string of the molecule is CCC(C)CS(=O)(=O)C(C(C)C)C(N)c1ccccc1. The Hall–Kier alpha value is -0.870. The van der Waals surface area contributed by atoms with E-state index in [0.717, 1.165) is 12.0 Å². The smallest absolute Gasteiger partial charge is 0.155 e. The van der Waals surface area contributed by atoms with Gasteiger partial charge in [0, 0.05) is 6.04 Å². The van der Waals surface area contributed by atoms with Gasteiger partial charge in [0.15, 0.2) is 9.84 Å². The molecule has 114 valence electrons. The summed E-state index contributed by atoms with van der Waals surface area (Å²) in [6.45, 7) is 7.86. The lowest BCUT2D eigenvalue weighted by molar-refractivity contribution is 0.473. The van der Waals surface area contributed by atoms with Crippen LogP contribution in [0.2, 0.25) is 0 Å². The predicted octanol–water partition coefficient (Wildman–Crippen LogP) is 3.17. The predicted molar refractivity (Wildman–Crippen MR) is 85.2 cm³/mol. The lowest BCUT2D eigenvalue weighted by atomic mass is 9.97. The number of sulfone groups is 1. The van der Waals surface area contributed by atoms with Gasteiger partial charge in [-0.1, -0.05) is 64.4 Å². The molecule has 1 rings (SSSR count). The molecule has 0 aliphatic heterocycles. The Morgan fingerprint density at radius 3 is 2.10 bits per heavy atom. The van der Waals surface area contributed by atoms with Crippen LogP contribution in [0, 0.1) is 11.8 Å². The molecule has 4 heteroatoms. The fourth-order valence-electron chi connectivity index (χ4n) is 2.54. The standard InChI is InChI=1S/C16H27NO2S/c1-5-13(4)11-20(18,19)16(12(2)3)15(17)14-9-7-6-8-10-14/h6-10,12-13,15-16H,5,11,17H2,1-4H3. The van der Waals surface area contributed by atoms with Gasteiger partial charge in [0.05, 0.1) is 11.0 Å². The summed E-state index contributed by atoms with van der Waals surface area (Å²) in [6, 6.07) is 9.04. The summed E-state index contributed by atoms with van der Waals surface area (Å²) in [5.41, 5.74) is 7.15. The number of rotatable bonds is 7. The first kappa shape index (κ1) is 17.2. The lowest BCUT2D eigenvalue weighted by Crippen LogP contribution is -2.40. The van der Waals surface area contributed by atoms with Crippen LogP contribution >= 0.6 is 0 Å². The molecule has 0 radical (unpaired) electrons. The van der Waals surface area contributed by atoms with Gasteiger partial charge in [-0.3, -0.25) is 0 Å². The molecule has 0 aliphatic rings. The van der Waals surface area contributed by atoms with Crippen LogP contribution < -0.4 is 5.73 Å². The summed E-state index contributed by atoms with van der Waals surface area (Å²) >= 11 is 0. The summed E-state index contributed by atoms with van der Waals surface area (Å²) < 4.78 is 25.4. The van der Waals surface area contributed by atoms with Crippen LogP contribution in [0.5, 0.6) is 0 Å². The highest BCUT2D eigenvalue weighted by Gasteiger charge is 2.35. The van der Waals surface area contributed by atoms with E-state index in [-0.39, 0.29) is 17.6 Å². The lowest BCUT2D eigenvalue weighted by Gasteiger charge is -2.28. The Bertz CT molecular complexity index is 496. The highest BCUT2D eigenvalue weighted by molar-refractivity contribution is 7.92. The summed E-state index contributed by atoms with van der Waals surface area (Å²) in [7, 11) is -3.21. The summed E-state index contributed by atoms with van der Waals surface area (Å²) in [4.78, 5) is 0. The zero-order valence-electron chi connectivity index (χ0n) is 12.9. The van der Waals surface area contributed by atoms with Crippen LogP contribution in [0.25, 0.3) is 0 Å². The quantitative estimate of drug-likeness (QED) is 0.841. The van der Waals surface area contributed by atoms with Gasteiger partial charge in [-0.05, 0) is 17.4 Å². The van der Waals surface area contributed by atoms with Gasteiger partial charge >= 0.3 is 0 Å². The van der Waals surface area contributed by atoms with Gasteiger partial charge in [-0.2, -0.15) is 0 Å². The normalized spacial score (nSPS) is 16.9. The van der Waals surface area contributed by atoms with Gasteiger partial charge in [0.1, 0.15) is 0 Å². The van der Waals surface area contributed by atoms with E-state index in [2.05, 4.69) is 0 Å². The number of benzene rings is 1. The zero-order chi connectivity index (χ0) is 15.3. The highest BCUT2D eigenvalue weighted by Crippen LogP contribution is 2.28. The van der Waals surface area contributed by atoms with Crippen LogP contribution in [-0.2, 0) is 9.84 Å². The van der Waals surface area contributed by atoms with E-state index in [1.54, 1.807) is 0 Å². The molecule has 0 aromatic heterocycles. The van der Waals surface area contributed by atoms with Gasteiger partial charge < -0.3 is 5.73 Å². The largest absolute Gasteiger partial charge is 0.323 e. The van der Waals surface area contributed by atoms with Crippen molar-refractivity contribution in [3.8, 4) is 0 Å². The highest BCUT2D eigenvalue weighted by atomic mass is 32.2. The fourth-order valence-corrected chi connectivity index (χ4v) is 5.23. The summed E-state index contributed by atoms with van der Waals surface area (Å²) in [6.07, 6.45) is 0.866. The van der Waals surface area contributed by atoms with Crippen molar-refractivity contribution in [3.05, 3.63) is 35.9 Å². The van der Waals surface area contributed by atoms with Crippen LogP contribution in [0.3, 0.4) is 0 Å². The van der Waals surface area contributed by atoms with Crippen molar-refractivity contribution in [1.29, 1.82) is 0 Å². The maximum Gasteiger partial charge on any atom is 0.155 e. The number of nitrogens with two attached hydrogens (primary N) is 1. The minimum atomic E-state index is -3.21. The Morgan fingerprint density at radius 1 is 1.10 bits per heavy atom. The van der Waals surface area contributed by atoms with Gasteiger partial charge in [-0.25, -0.2) is 8.42 Å². The Labute approximate surface area is 123 Å². The average Bonchev–Trinajstić information content (AvgIpc) is 2.38. The molecule has 3 unspecified atom stereocenters. The van der Waals surface area contributed by atoms with Crippen molar-refractivity contribution >= 4 is 9.84 Å². The van der Waals surface area contributed by atoms with E-state index < -0.39 is 21.1 Å². The molecule has 1 aromatic carbocycles. The minimum Gasteiger partial charge on any atom is -0.323 e. The van der Waals surface area contributed by atoms with Gasteiger partial charge in [0.25, 0.3) is 0 Å². The zero-order valence-corrected chi connectivity index (χ0v) is 13.7. The molecule has 0 aliphatic carbocycles. The maximum atomic E-state index is 12.7. The molecule has 0 amide bonds. The van der Waals surface area contributed by atoms with Crippen molar-refractivity contribution in [3.63, 3.8) is 0 Å². The van der Waals surface area contributed by atoms with Crippen molar-refractivity contribution < 1.29 is 8.42 Å². The third-order valence-electron chi connectivity index (χ3n) is 3.82.